The van der Waals surface area contributed by atoms with E-state index in [0.29, 0.717) is 16.1 Å². The van der Waals surface area contributed by atoms with Crippen LogP contribution in [0.2, 0.25) is 5.02 Å². The highest BCUT2D eigenvalue weighted by Crippen LogP contribution is 2.18. The maximum absolute atomic E-state index is 12.4. The molecule has 0 radical (unpaired) electrons. The Labute approximate surface area is 154 Å². The fraction of sp³-hybridized carbons (Fsp3) is 0.125. The van der Waals surface area contributed by atoms with E-state index in [9.17, 15) is 13.2 Å². The van der Waals surface area contributed by atoms with Crippen molar-refractivity contribution >= 4 is 27.3 Å². The van der Waals surface area contributed by atoms with Crippen LogP contribution in [0.4, 0.5) is 0 Å². The number of amides is 1. The number of sulfone groups is 1. The maximum atomic E-state index is 12.4. The standard InChI is InChI=1S/C16H13ClN4O4S/c17-13-3-1-2-11(8-13)10-26(23,24)16-21-20-14(25-16)9-19-15(22)12-4-6-18-7-5-12/h1-8H,9-10H2,(H,19,22). The molecule has 0 atom stereocenters. The number of carbonyl (C=O) groups is 1. The molecular formula is C16H13ClN4O4S. The highest BCUT2D eigenvalue weighted by molar-refractivity contribution is 7.90. The predicted octanol–water partition coefficient (Wildman–Crippen LogP) is 2.02. The average Bonchev–Trinajstić information content (AvgIpc) is 3.10. The van der Waals surface area contributed by atoms with Gasteiger partial charge < -0.3 is 9.73 Å². The molecule has 0 bridgehead atoms. The minimum Gasteiger partial charge on any atom is -0.411 e. The molecule has 0 saturated heterocycles. The number of benzene rings is 1. The smallest absolute Gasteiger partial charge is 0.335 e. The van der Waals surface area contributed by atoms with Crippen molar-refractivity contribution in [1.29, 1.82) is 0 Å². The number of carbonyl (C=O) groups excluding carboxylic acids is 1. The fourth-order valence-electron chi connectivity index (χ4n) is 2.10. The van der Waals surface area contributed by atoms with Crippen LogP contribution in [0.25, 0.3) is 0 Å². The number of hydrogen-bond acceptors (Lipinski definition) is 7. The Morgan fingerprint density at radius 3 is 2.65 bits per heavy atom. The van der Waals surface area contributed by atoms with Gasteiger partial charge in [0.25, 0.3) is 5.91 Å². The minimum absolute atomic E-state index is 0.0166. The molecule has 1 amide bonds. The summed E-state index contributed by atoms with van der Waals surface area (Å²) in [5.41, 5.74) is 0.913. The highest BCUT2D eigenvalue weighted by Gasteiger charge is 2.23. The Hall–Kier alpha value is -2.78. The molecular weight excluding hydrogens is 380 g/mol. The minimum atomic E-state index is -3.82. The zero-order valence-corrected chi connectivity index (χ0v) is 14.9. The van der Waals surface area contributed by atoms with Crippen LogP contribution < -0.4 is 5.32 Å². The van der Waals surface area contributed by atoms with E-state index in [2.05, 4.69) is 20.5 Å². The molecule has 0 fully saturated rings. The third-order valence-electron chi connectivity index (χ3n) is 3.30. The van der Waals surface area contributed by atoms with E-state index in [1.54, 1.807) is 36.4 Å². The van der Waals surface area contributed by atoms with Crippen LogP contribution in [-0.2, 0) is 22.1 Å². The van der Waals surface area contributed by atoms with Crippen LogP contribution in [-0.4, -0.2) is 29.5 Å². The van der Waals surface area contributed by atoms with Crippen LogP contribution in [0.5, 0.6) is 0 Å². The molecule has 0 unspecified atom stereocenters. The van der Waals surface area contributed by atoms with Crippen molar-refractivity contribution in [2.24, 2.45) is 0 Å². The summed E-state index contributed by atoms with van der Waals surface area (Å²) in [5.74, 6) is -0.704. The number of hydrogen-bond donors (Lipinski definition) is 1. The zero-order chi connectivity index (χ0) is 18.6. The molecule has 0 saturated carbocycles. The summed E-state index contributed by atoms with van der Waals surface area (Å²) in [5, 5.41) is 9.70. The molecule has 8 nitrogen and oxygen atoms in total. The number of nitrogens with one attached hydrogen (secondary N) is 1. The molecule has 0 spiro atoms. The lowest BCUT2D eigenvalue weighted by molar-refractivity contribution is 0.0946. The first kappa shape index (κ1) is 18.0. The number of nitrogens with zero attached hydrogens (tertiary/aromatic N) is 3. The number of aromatic nitrogens is 3. The molecule has 26 heavy (non-hydrogen) atoms. The molecule has 134 valence electrons. The molecule has 3 rings (SSSR count). The van der Waals surface area contributed by atoms with Crippen molar-refractivity contribution in [3.05, 3.63) is 70.8 Å². The molecule has 1 aromatic carbocycles. The van der Waals surface area contributed by atoms with E-state index in [1.165, 1.54) is 12.4 Å². The van der Waals surface area contributed by atoms with Gasteiger partial charge in [-0.3, -0.25) is 9.78 Å². The summed E-state index contributed by atoms with van der Waals surface area (Å²) in [6.07, 6.45) is 2.98. The summed E-state index contributed by atoms with van der Waals surface area (Å²) < 4.78 is 29.9. The Balaban J connectivity index is 1.66. The highest BCUT2D eigenvalue weighted by atomic mass is 35.5. The third kappa shape index (κ3) is 4.44. The van der Waals surface area contributed by atoms with Crippen molar-refractivity contribution in [3.63, 3.8) is 0 Å². The molecule has 2 aromatic heterocycles. The van der Waals surface area contributed by atoms with Gasteiger partial charge in [-0.25, -0.2) is 8.42 Å². The SMILES string of the molecule is O=C(NCc1nnc(S(=O)(=O)Cc2cccc(Cl)c2)o1)c1ccncc1. The molecule has 0 aliphatic rings. The van der Waals surface area contributed by atoms with Gasteiger partial charge in [-0.05, 0) is 29.8 Å². The van der Waals surface area contributed by atoms with Crippen molar-refractivity contribution in [2.75, 3.05) is 0 Å². The summed E-state index contributed by atoms with van der Waals surface area (Å²) in [7, 11) is -3.82. The molecule has 0 aliphatic carbocycles. The van der Waals surface area contributed by atoms with Crippen molar-refractivity contribution in [3.8, 4) is 0 Å². The van der Waals surface area contributed by atoms with Crippen molar-refractivity contribution in [2.45, 2.75) is 17.5 Å². The number of rotatable bonds is 6. The predicted molar refractivity (Wildman–Crippen MR) is 92.0 cm³/mol. The monoisotopic (exact) mass is 392 g/mol. The fourth-order valence-corrected chi connectivity index (χ4v) is 3.45. The largest absolute Gasteiger partial charge is 0.411 e. The molecule has 0 aliphatic heterocycles. The van der Waals surface area contributed by atoms with Gasteiger partial charge >= 0.3 is 5.22 Å². The van der Waals surface area contributed by atoms with Crippen LogP contribution in [0.3, 0.4) is 0 Å². The van der Waals surface area contributed by atoms with Gasteiger partial charge in [0.05, 0.1) is 12.3 Å². The maximum Gasteiger partial charge on any atom is 0.335 e. The van der Waals surface area contributed by atoms with Gasteiger partial charge in [0.15, 0.2) is 0 Å². The Bertz CT molecular complexity index is 1020. The second-order valence-electron chi connectivity index (χ2n) is 5.27. The van der Waals surface area contributed by atoms with Crippen molar-refractivity contribution < 1.29 is 17.6 Å². The topological polar surface area (TPSA) is 115 Å². The Morgan fingerprint density at radius 1 is 1.15 bits per heavy atom. The van der Waals surface area contributed by atoms with E-state index < -0.39 is 15.1 Å². The zero-order valence-electron chi connectivity index (χ0n) is 13.3. The quantitative estimate of drug-likeness (QED) is 0.682. The summed E-state index contributed by atoms with van der Waals surface area (Å²) in [6, 6.07) is 9.57. The summed E-state index contributed by atoms with van der Waals surface area (Å²) >= 11 is 5.85. The van der Waals surface area contributed by atoms with Gasteiger partial charge in [0, 0.05) is 23.0 Å². The van der Waals surface area contributed by atoms with Gasteiger partial charge in [0.2, 0.25) is 15.7 Å². The average molecular weight is 393 g/mol. The van der Waals surface area contributed by atoms with Crippen LogP contribution >= 0.6 is 11.6 Å². The van der Waals surface area contributed by atoms with E-state index >= 15 is 0 Å². The lowest BCUT2D eigenvalue weighted by atomic mass is 10.2. The molecule has 2 heterocycles. The summed E-state index contributed by atoms with van der Waals surface area (Å²) in [4.78, 5) is 15.8. The van der Waals surface area contributed by atoms with Gasteiger partial charge in [0.1, 0.15) is 0 Å². The first-order valence-electron chi connectivity index (χ1n) is 7.42. The lowest BCUT2D eigenvalue weighted by Gasteiger charge is -2.02. The normalized spacial score (nSPS) is 11.3. The van der Waals surface area contributed by atoms with Gasteiger partial charge in [-0.1, -0.05) is 28.8 Å². The lowest BCUT2D eigenvalue weighted by Crippen LogP contribution is -2.22. The molecule has 3 aromatic rings. The van der Waals surface area contributed by atoms with E-state index in [1.807, 2.05) is 0 Å². The second kappa shape index (κ2) is 7.63. The van der Waals surface area contributed by atoms with E-state index in [-0.39, 0.29) is 24.1 Å². The number of pyridine rings is 1. The van der Waals surface area contributed by atoms with Gasteiger partial charge in [-0.15, -0.1) is 5.10 Å². The Kier molecular flexibility index (Phi) is 5.29. The number of halogens is 1. The third-order valence-corrected chi connectivity index (χ3v) is 4.95. The van der Waals surface area contributed by atoms with Crippen LogP contribution in [0.15, 0.2) is 58.4 Å². The van der Waals surface area contributed by atoms with Crippen LogP contribution in [0.1, 0.15) is 21.8 Å². The summed E-state index contributed by atoms with van der Waals surface area (Å²) in [6.45, 7) is -0.0964. The van der Waals surface area contributed by atoms with E-state index in [4.69, 9.17) is 16.0 Å². The van der Waals surface area contributed by atoms with Crippen LogP contribution in [0, 0.1) is 0 Å². The first-order valence-corrected chi connectivity index (χ1v) is 9.45. The van der Waals surface area contributed by atoms with Crippen molar-refractivity contribution in [1.82, 2.24) is 20.5 Å². The Morgan fingerprint density at radius 2 is 1.92 bits per heavy atom. The molecule has 1 N–H and O–H groups in total. The molecule has 10 heteroatoms. The van der Waals surface area contributed by atoms with E-state index in [0.717, 1.165) is 0 Å². The van der Waals surface area contributed by atoms with Gasteiger partial charge in [-0.2, -0.15) is 0 Å². The second-order valence-corrected chi connectivity index (χ2v) is 7.57. The first-order chi connectivity index (χ1) is 12.4.